The number of thioether (sulfide) groups is 1. The molecule has 2 heterocycles. The minimum Gasteiger partial charge on any atom is -0.371 e. The van der Waals surface area contributed by atoms with Gasteiger partial charge in [-0.3, -0.25) is 14.9 Å². The third kappa shape index (κ3) is 2.69. The Bertz CT molecular complexity index is 609. The molecule has 6 heteroatoms. The SMILES string of the molecule is O=C1NC(=O)/C(=C/c2ccc(Cl)cc2N2CCCC2)S1. The molecule has 3 rings (SSSR count). The molecule has 1 aromatic carbocycles. The zero-order valence-electron chi connectivity index (χ0n) is 10.7. The van der Waals surface area contributed by atoms with Gasteiger partial charge in [0.2, 0.25) is 0 Å². The van der Waals surface area contributed by atoms with Crippen molar-refractivity contribution in [3.05, 3.63) is 33.7 Å². The summed E-state index contributed by atoms with van der Waals surface area (Å²) in [6.45, 7) is 1.99. The van der Waals surface area contributed by atoms with Crippen molar-refractivity contribution >= 4 is 46.3 Å². The van der Waals surface area contributed by atoms with E-state index in [2.05, 4.69) is 10.2 Å². The van der Waals surface area contributed by atoms with Gasteiger partial charge in [-0.1, -0.05) is 17.7 Å². The zero-order chi connectivity index (χ0) is 14.1. The molecule has 0 atom stereocenters. The molecular formula is C14H13ClN2O2S. The third-order valence-corrected chi connectivity index (χ3v) is 4.41. The standard InChI is InChI=1S/C14H13ClN2O2S/c15-10-4-3-9(7-12-13(18)16-14(19)20-12)11(8-10)17-5-1-2-6-17/h3-4,7-8H,1-2,5-6H2,(H,16,18,19)/b12-7-. The van der Waals surface area contributed by atoms with E-state index in [1.807, 2.05) is 12.1 Å². The molecule has 0 unspecified atom stereocenters. The van der Waals surface area contributed by atoms with Crippen molar-refractivity contribution < 1.29 is 9.59 Å². The summed E-state index contributed by atoms with van der Waals surface area (Å²) in [6.07, 6.45) is 4.08. The van der Waals surface area contributed by atoms with E-state index in [1.165, 1.54) is 0 Å². The van der Waals surface area contributed by atoms with E-state index in [9.17, 15) is 9.59 Å². The van der Waals surface area contributed by atoms with Crippen LogP contribution in [0.2, 0.25) is 5.02 Å². The Kier molecular flexibility index (Phi) is 3.72. The summed E-state index contributed by atoms with van der Waals surface area (Å²) >= 11 is 7.01. The Balaban J connectivity index is 1.98. The van der Waals surface area contributed by atoms with Crippen LogP contribution in [0.1, 0.15) is 18.4 Å². The van der Waals surface area contributed by atoms with Gasteiger partial charge in [-0.15, -0.1) is 0 Å². The monoisotopic (exact) mass is 308 g/mol. The van der Waals surface area contributed by atoms with E-state index >= 15 is 0 Å². The average Bonchev–Trinajstić information content (AvgIpc) is 3.02. The molecular weight excluding hydrogens is 296 g/mol. The summed E-state index contributed by atoms with van der Waals surface area (Å²) in [5.74, 6) is -0.331. The van der Waals surface area contributed by atoms with Crippen molar-refractivity contribution in [2.75, 3.05) is 18.0 Å². The number of anilines is 1. The van der Waals surface area contributed by atoms with Crippen LogP contribution in [0, 0.1) is 0 Å². The van der Waals surface area contributed by atoms with Crippen molar-refractivity contribution in [1.29, 1.82) is 0 Å². The highest BCUT2D eigenvalue weighted by molar-refractivity contribution is 8.18. The van der Waals surface area contributed by atoms with Crippen molar-refractivity contribution in [2.45, 2.75) is 12.8 Å². The molecule has 4 nitrogen and oxygen atoms in total. The van der Waals surface area contributed by atoms with E-state index in [4.69, 9.17) is 11.6 Å². The van der Waals surface area contributed by atoms with Crippen molar-refractivity contribution in [2.24, 2.45) is 0 Å². The van der Waals surface area contributed by atoms with Gasteiger partial charge in [0.25, 0.3) is 11.1 Å². The molecule has 2 aliphatic heterocycles. The minimum absolute atomic E-state index is 0.321. The molecule has 2 fully saturated rings. The smallest absolute Gasteiger partial charge is 0.290 e. The Morgan fingerprint density at radius 1 is 1.25 bits per heavy atom. The maximum atomic E-state index is 11.6. The van der Waals surface area contributed by atoms with Crippen LogP contribution in [-0.2, 0) is 4.79 Å². The number of halogens is 1. The molecule has 1 N–H and O–H groups in total. The largest absolute Gasteiger partial charge is 0.371 e. The topological polar surface area (TPSA) is 49.4 Å². The minimum atomic E-state index is -0.331. The summed E-state index contributed by atoms with van der Waals surface area (Å²) in [6, 6.07) is 5.60. The van der Waals surface area contributed by atoms with E-state index in [1.54, 1.807) is 12.1 Å². The van der Waals surface area contributed by atoms with E-state index in [0.29, 0.717) is 9.93 Å². The van der Waals surface area contributed by atoms with E-state index in [-0.39, 0.29) is 11.1 Å². The highest BCUT2D eigenvalue weighted by atomic mass is 35.5. The number of nitrogens with zero attached hydrogens (tertiary/aromatic N) is 1. The lowest BCUT2D eigenvalue weighted by atomic mass is 10.1. The Labute approximate surface area is 126 Å². The van der Waals surface area contributed by atoms with E-state index in [0.717, 1.165) is 48.9 Å². The quantitative estimate of drug-likeness (QED) is 0.852. The molecule has 0 spiro atoms. The van der Waals surface area contributed by atoms with Crippen LogP contribution in [-0.4, -0.2) is 24.2 Å². The molecule has 20 heavy (non-hydrogen) atoms. The van der Waals surface area contributed by atoms with Crippen LogP contribution in [0.3, 0.4) is 0 Å². The highest BCUT2D eigenvalue weighted by Gasteiger charge is 2.26. The Hall–Kier alpha value is -1.46. The fourth-order valence-electron chi connectivity index (χ4n) is 2.43. The van der Waals surface area contributed by atoms with Gasteiger partial charge in [-0.25, -0.2) is 0 Å². The molecule has 2 amide bonds. The maximum absolute atomic E-state index is 11.6. The molecule has 0 aromatic heterocycles. The third-order valence-electron chi connectivity index (χ3n) is 3.37. The van der Waals surface area contributed by atoms with Gasteiger partial charge >= 0.3 is 0 Å². The second-order valence-corrected chi connectivity index (χ2v) is 6.20. The van der Waals surface area contributed by atoms with Gasteiger partial charge in [-0.2, -0.15) is 0 Å². The first-order chi connectivity index (χ1) is 9.63. The predicted molar refractivity (Wildman–Crippen MR) is 82.0 cm³/mol. The van der Waals surface area contributed by atoms with Gasteiger partial charge in [0.1, 0.15) is 0 Å². The van der Waals surface area contributed by atoms with Gasteiger partial charge in [-0.05, 0) is 48.4 Å². The average molecular weight is 309 g/mol. The van der Waals surface area contributed by atoms with E-state index < -0.39 is 0 Å². The van der Waals surface area contributed by atoms with Crippen molar-refractivity contribution in [3.63, 3.8) is 0 Å². The second kappa shape index (κ2) is 5.50. The highest BCUT2D eigenvalue weighted by Crippen LogP contribution is 2.32. The number of hydrogen-bond donors (Lipinski definition) is 1. The van der Waals surface area contributed by atoms with Gasteiger partial charge in [0, 0.05) is 23.8 Å². The molecule has 1 aromatic rings. The number of benzene rings is 1. The van der Waals surface area contributed by atoms with Gasteiger partial charge < -0.3 is 4.90 Å². The first-order valence-electron chi connectivity index (χ1n) is 6.43. The van der Waals surface area contributed by atoms with Crippen LogP contribution in [0.4, 0.5) is 10.5 Å². The van der Waals surface area contributed by atoms with Crippen LogP contribution in [0.25, 0.3) is 6.08 Å². The number of carbonyl (C=O) groups is 2. The summed E-state index contributed by atoms with van der Waals surface area (Å²) in [5.41, 5.74) is 1.94. The summed E-state index contributed by atoms with van der Waals surface area (Å²) in [5, 5.41) is 2.62. The zero-order valence-corrected chi connectivity index (χ0v) is 12.3. The number of imide groups is 1. The van der Waals surface area contributed by atoms with Crippen LogP contribution < -0.4 is 10.2 Å². The first kappa shape index (κ1) is 13.5. The van der Waals surface area contributed by atoms with Gasteiger partial charge in [0.15, 0.2) is 0 Å². The fraction of sp³-hybridized carbons (Fsp3) is 0.286. The molecule has 0 saturated carbocycles. The van der Waals surface area contributed by atoms with Crippen LogP contribution >= 0.6 is 23.4 Å². The first-order valence-corrected chi connectivity index (χ1v) is 7.62. The lowest BCUT2D eigenvalue weighted by molar-refractivity contribution is -0.115. The molecule has 2 saturated heterocycles. The fourth-order valence-corrected chi connectivity index (χ4v) is 3.27. The molecule has 0 radical (unpaired) electrons. The number of rotatable bonds is 2. The Morgan fingerprint density at radius 2 is 2.00 bits per heavy atom. The number of carbonyl (C=O) groups excluding carboxylic acids is 2. The molecule has 0 bridgehead atoms. The lowest BCUT2D eigenvalue weighted by Crippen LogP contribution is -2.19. The lowest BCUT2D eigenvalue weighted by Gasteiger charge is -2.20. The maximum Gasteiger partial charge on any atom is 0.290 e. The van der Waals surface area contributed by atoms with Crippen LogP contribution in [0.5, 0.6) is 0 Å². The second-order valence-electron chi connectivity index (χ2n) is 4.75. The number of amides is 2. The van der Waals surface area contributed by atoms with Crippen molar-refractivity contribution in [1.82, 2.24) is 5.32 Å². The number of hydrogen-bond acceptors (Lipinski definition) is 4. The summed E-state index contributed by atoms with van der Waals surface area (Å²) < 4.78 is 0. The number of nitrogens with one attached hydrogen (secondary N) is 1. The molecule has 2 aliphatic rings. The normalized spacial score (nSPS) is 20.9. The molecule has 0 aliphatic carbocycles. The summed E-state index contributed by atoms with van der Waals surface area (Å²) in [4.78, 5) is 25.5. The molecule has 104 valence electrons. The predicted octanol–water partition coefficient (Wildman–Crippen LogP) is 3.26. The Morgan fingerprint density at radius 3 is 2.65 bits per heavy atom. The van der Waals surface area contributed by atoms with Gasteiger partial charge in [0.05, 0.1) is 4.91 Å². The summed E-state index contributed by atoms with van der Waals surface area (Å²) in [7, 11) is 0. The van der Waals surface area contributed by atoms with Crippen molar-refractivity contribution in [3.8, 4) is 0 Å². The van der Waals surface area contributed by atoms with Crippen LogP contribution in [0.15, 0.2) is 23.1 Å².